The van der Waals surface area contributed by atoms with Crippen molar-refractivity contribution >= 4 is 5.91 Å². The lowest BCUT2D eigenvalue weighted by atomic mass is 10.1. The van der Waals surface area contributed by atoms with Gasteiger partial charge in [-0.25, -0.2) is 4.79 Å². The van der Waals surface area contributed by atoms with Gasteiger partial charge in [-0.15, -0.1) is 0 Å². The summed E-state index contributed by atoms with van der Waals surface area (Å²) in [5.41, 5.74) is -1.50. The lowest BCUT2D eigenvalue weighted by molar-refractivity contribution is -0.137. The number of pyridine rings is 1. The summed E-state index contributed by atoms with van der Waals surface area (Å²) in [5.74, 6) is -0.819. The van der Waals surface area contributed by atoms with Gasteiger partial charge in [0.15, 0.2) is 0 Å². The Kier molecular flexibility index (Phi) is 7.32. The van der Waals surface area contributed by atoms with Gasteiger partial charge >= 0.3 is 11.9 Å². The first-order valence-electron chi connectivity index (χ1n) is 11.3. The van der Waals surface area contributed by atoms with Crippen LogP contribution in [0, 0.1) is 6.92 Å². The summed E-state index contributed by atoms with van der Waals surface area (Å²) in [4.78, 5) is 43.6. The van der Waals surface area contributed by atoms with E-state index in [1.165, 1.54) is 12.1 Å². The number of benzene rings is 2. The fourth-order valence-corrected chi connectivity index (χ4v) is 3.69. The lowest BCUT2D eigenvalue weighted by Gasteiger charge is -2.14. The average molecular weight is 509 g/mol. The molecule has 0 aliphatic carbocycles. The third-order valence-corrected chi connectivity index (χ3v) is 5.51. The number of nitrogens with one attached hydrogen (secondary N) is 1. The predicted octanol–water partition coefficient (Wildman–Crippen LogP) is 3.14. The Labute approximate surface area is 209 Å². The van der Waals surface area contributed by atoms with E-state index in [1.807, 2.05) is 0 Å². The van der Waals surface area contributed by atoms with Crippen molar-refractivity contribution in [2.45, 2.75) is 26.1 Å². The first-order valence-corrected chi connectivity index (χ1v) is 11.3. The van der Waals surface area contributed by atoms with Gasteiger partial charge in [-0.1, -0.05) is 30.3 Å². The van der Waals surface area contributed by atoms with Crippen LogP contribution < -0.4 is 16.6 Å². The minimum atomic E-state index is -4.60. The van der Waals surface area contributed by atoms with Crippen molar-refractivity contribution in [2.75, 3.05) is 6.54 Å². The molecule has 4 aromatic rings. The Balaban J connectivity index is 1.74. The third kappa shape index (κ3) is 6.00. The maximum Gasteiger partial charge on any atom is 0.416 e. The van der Waals surface area contributed by atoms with Gasteiger partial charge in [0.1, 0.15) is 0 Å². The molecule has 2 heterocycles. The molecule has 0 aliphatic heterocycles. The van der Waals surface area contributed by atoms with Crippen molar-refractivity contribution < 1.29 is 18.0 Å². The second kappa shape index (κ2) is 10.6. The highest BCUT2D eigenvalue weighted by molar-refractivity contribution is 5.91. The number of hydrogen-bond donors (Lipinski definition) is 1. The normalized spacial score (nSPS) is 11.4. The van der Waals surface area contributed by atoms with Gasteiger partial charge in [0.25, 0.3) is 11.5 Å². The van der Waals surface area contributed by atoms with Crippen molar-refractivity contribution in [3.8, 4) is 5.69 Å². The van der Waals surface area contributed by atoms with Gasteiger partial charge in [0.05, 0.1) is 17.8 Å². The van der Waals surface area contributed by atoms with Crippen molar-refractivity contribution in [2.24, 2.45) is 0 Å². The smallest absolute Gasteiger partial charge is 0.350 e. The first kappa shape index (κ1) is 25.5. The highest BCUT2D eigenvalue weighted by Gasteiger charge is 2.30. The maximum absolute atomic E-state index is 13.3. The number of amides is 1. The second-order valence-corrected chi connectivity index (χ2v) is 8.30. The van der Waals surface area contributed by atoms with Gasteiger partial charge in [0.2, 0.25) is 5.69 Å². The van der Waals surface area contributed by atoms with E-state index in [0.717, 1.165) is 28.1 Å². The van der Waals surface area contributed by atoms with E-state index in [-0.39, 0.29) is 12.1 Å². The van der Waals surface area contributed by atoms with E-state index in [2.05, 4.69) is 15.4 Å². The molecule has 0 saturated heterocycles. The first-order chi connectivity index (χ1) is 17.6. The van der Waals surface area contributed by atoms with Crippen LogP contribution >= 0.6 is 0 Å². The quantitative estimate of drug-likeness (QED) is 0.413. The van der Waals surface area contributed by atoms with Crippen LogP contribution in [0.3, 0.4) is 0 Å². The van der Waals surface area contributed by atoms with E-state index in [4.69, 9.17) is 0 Å². The Morgan fingerprint density at radius 2 is 1.78 bits per heavy atom. The Bertz CT molecular complexity index is 1550. The van der Waals surface area contributed by atoms with Gasteiger partial charge in [0, 0.05) is 24.9 Å². The Morgan fingerprint density at radius 1 is 1.00 bits per heavy atom. The van der Waals surface area contributed by atoms with Crippen LogP contribution in [0.15, 0.2) is 82.5 Å². The van der Waals surface area contributed by atoms with Gasteiger partial charge in [-0.2, -0.15) is 23.0 Å². The number of nitrogens with zero attached hydrogens (tertiary/aromatic N) is 4. The molecule has 0 unspecified atom stereocenters. The highest BCUT2D eigenvalue weighted by Crippen LogP contribution is 2.29. The number of carbonyl (C=O) groups is 1. The van der Waals surface area contributed by atoms with Crippen molar-refractivity contribution in [1.82, 2.24) is 24.6 Å². The van der Waals surface area contributed by atoms with Crippen molar-refractivity contribution in [3.05, 3.63) is 122 Å². The molecule has 11 heteroatoms. The molecule has 0 spiro atoms. The van der Waals surface area contributed by atoms with Crippen LogP contribution in [0.4, 0.5) is 13.2 Å². The average Bonchev–Trinajstić information content (AvgIpc) is 2.87. The molecule has 0 aliphatic rings. The minimum absolute atomic E-state index is 0.0672. The summed E-state index contributed by atoms with van der Waals surface area (Å²) in [7, 11) is 0. The van der Waals surface area contributed by atoms with E-state index in [1.54, 1.807) is 55.6 Å². The summed E-state index contributed by atoms with van der Waals surface area (Å²) in [5, 5.41) is 6.63. The van der Waals surface area contributed by atoms with Crippen LogP contribution in [0.2, 0.25) is 0 Å². The molecule has 2 aromatic heterocycles. The van der Waals surface area contributed by atoms with Gasteiger partial charge in [-0.05, 0) is 54.4 Å². The maximum atomic E-state index is 13.3. The molecule has 1 amide bonds. The fraction of sp³-hybridized carbons (Fsp3) is 0.192. The zero-order chi connectivity index (χ0) is 26.6. The number of aromatic nitrogens is 4. The Morgan fingerprint density at radius 3 is 2.49 bits per heavy atom. The van der Waals surface area contributed by atoms with E-state index in [9.17, 15) is 27.6 Å². The lowest BCUT2D eigenvalue weighted by Crippen LogP contribution is -2.46. The number of aryl methyl sites for hydroxylation is 1. The topological polar surface area (TPSA) is 98.9 Å². The molecule has 0 fully saturated rings. The number of alkyl halides is 3. The van der Waals surface area contributed by atoms with Crippen molar-refractivity contribution in [1.29, 1.82) is 0 Å². The van der Waals surface area contributed by atoms with Gasteiger partial charge in [-0.3, -0.25) is 19.1 Å². The molecular formula is C26H22F3N5O3. The summed E-state index contributed by atoms with van der Waals surface area (Å²) in [6.45, 7) is 1.46. The van der Waals surface area contributed by atoms with E-state index in [0.29, 0.717) is 16.7 Å². The number of halogens is 3. The molecule has 4 rings (SSSR count). The summed E-state index contributed by atoms with van der Waals surface area (Å²) >= 11 is 0. The zero-order valence-corrected chi connectivity index (χ0v) is 19.7. The highest BCUT2D eigenvalue weighted by atomic mass is 19.4. The summed E-state index contributed by atoms with van der Waals surface area (Å²) in [6.07, 6.45) is -2.59. The summed E-state index contributed by atoms with van der Waals surface area (Å²) in [6, 6.07) is 16.3. The molecule has 8 nitrogen and oxygen atoms in total. The summed E-state index contributed by atoms with van der Waals surface area (Å²) < 4.78 is 41.2. The number of hydrogen-bond acceptors (Lipinski definition) is 5. The SMILES string of the molecule is Cc1cccc(-n2nc(C(=O)NCCc3ccccn3)c(=O)n(Cc3cccc(C(F)(F)F)c3)c2=O)c1. The molecule has 0 bridgehead atoms. The van der Waals surface area contributed by atoms with Crippen molar-refractivity contribution in [3.63, 3.8) is 0 Å². The van der Waals surface area contributed by atoms with Crippen LogP contribution in [0.25, 0.3) is 5.69 Å². The molecule has 2 aromatic carbocycles. The molecular weight excluding hydrogens is 487 g/mol. The predicted molar refractivity (Wildman–Crippen MR) is 130 cm³/mol. The van der Waals surface area contributed by atoms with E-state index >= 15 is 0 Å². The van der Waals surface area contributed by atoms with E-state index < -0.39 is 41.1 Å². The number of rotatable bonds is 7. The zero-order valence-electron chi connectivity index (χ0n) is 19.7. The monoisotopic (exact) mass is 509 g/mol. The van der Waals surface area contributed by atoms with Gasteiger partial charge < -0.3 is 5.32 Å². The molecule has 190 valence electrons. The fourth-order valence-electron chi connectivity index (χ4n) is 3.69. The van der Waals surface area contributed by atoms with Crippen LogP contribution in [0.1, 0.15) is 32.9 Å². The third-order valence-electron chi connectivity index (χ3n) is 5.51. The molecule has 0 radical (unpaired) electrons. The standard InChI is InChI=1S/C26H22F3N5O3/c1-17-6-4-10-21(14-17)34-25(37)33(16-18-7-5-8-19(15-18)26(27,28)29)24(36)22(32-34)23(35)31-13-11-20-9-2-3-12-30-20/h2-10,12,14-15H,11,13,16H2,1H3,(H,31,35). The molecule has 1 N–H and O–H groups in total. The Hall–Kier alpha value is -4.54. The van der Waals surface area contributed by atoms with Crippen LogP contribution in [-0.2, 0) is 19.1 Å². The minimum Gasteiger partial charge on any atom is -0.350 e. The molecule has 37 heavy (non-hydrogen) atoms. The number of carbonyl (C=O) groups excluding carboxylic acids is 1. The van der Waals surface area contributed by atoms with Crippen LogP contribution in [0.5, 0.6) is 0 Å². The molecule has 0 saturated carbocycles. The molecule has 0 atom stereocenters. The largest absolute Gasteiger partial charge is 0.416 e. The second-order valence-electron chi connectivity index (χ2n) is 8.30. The van der Waals surface area contributed by atoms with Crippen LogP contribution in [-0.4, -0.2) is 31.8 Å².